The summed E-state index contributed by atoms with van der Waals surface area (Å²) < 4.78 is 6.56. The highest BCUT2D eigenvalue weighted by Gasteiger charge is 2.55. The number of carbonyl (C=O) groups excluding carboxylic acids is 1. The quantitative estimate of drug-likeness (QED) is 0.248. The maximum atomic E-state index is 13.6. The third-order valence-corrected chi connectivity index (χ3v) is 10.6. The summed E-state index contributed by atoms with van der Waals surface area (Å²) in [4.78, 5) is 13.6. The molecule has 5 rings (SSSR count). The molecule has 1 unspecified atom stereocenters. The van der Waals surface area contributed by atoms with E-state index < -0.39 is 13.1 Å². The Kier molecular flexibility index (Phi) is 8.33. The molecule has 0 N–H and O–H groups in total. The molecule has 0 saturated heterocycles. The lowest BCUT2D eigenvalue weighted by molar-refractivity contribution is -0.0000262. The molecular weight excluding hydrogens is 483 g/mol. The minimum atomic E-state index is -2.50. The zero-order valence-electron chi connectivity index (χ0n) is 19.7. The maximum absolute atomic E-state index is 13.6. The average molecular weight is 509 g/mol. The van der Waals surface area contributed by atoms with Crippen LogP contribution in [-0.2, 0) is 4.74 Å². The highest BCUT2D eigenvalue weighted by atomic mass is 35.5. The van der Waals surface area contributed by atoms with E-state index in [0.29, 0.717) is 5.56 Å². The van der Waals surface area contributed by atoms with Crippen molar-refractivity contribution in [3.05, 3.63) is 163 Å². The molecule has 0 aliphatic carbocycles. The fourth-order valence-electron chi connectivity index (χ4n) is 4.57. The lowest BCUT2D eigenvalue weighted by Gasteiger charge is -2.34. The van der Waals surface area contributed by atoms with E-state index in [9.17, 15) is 4.79 Å². The van der Waals surface area contributed by atoms with Gasteiger partial charge in [-0.3, -0.25) is 0 Å². The van der Waals surface area contributed by atoms with Crippen LogP contribution in [-0.4, -0.2) is 5.97 Å². The summed E-state index contributed by atoms with van der Waals surface area (Å²) in [6.07, 6.45) is 0. The van der Waals surface area contributed by atoms with E-state index >= 15 is 0 Å². The van der Waals surface area contributed by atoms with Crippen molar-refractivity contribution in [3.63, 3.8) is 0 Å². The Balaban J connectivity index is 0.00000304. The number of halogens is 1. The molecule has 178 valence electrons. The van der Waals surface area contributed by atoms with Gasteiger partial charge < -0.3 is 17.1 Å². The molecule has 0 spiro atoms. The number of hydrogen-bond donors (Lipinski definition) is 0. The molecule has 0 bridgehead atoms. The number of carbonyl (C=O) groups is 1. The van der Waals surface area contributed by atoms with E-state index in [1.54, 1.807) is 12.1 Å². The van der Waals surface area contributed by atoms with Crippen LogP contribution in [0.4, 0.5) is 0 Å². The number of benzene rings is 5. The monoisotopic (exact) mass is 508 g/mol. The molecule has 2 nitrogen and oxygen atoms in total. The first-order chi connectivity index (χ1) is 17.3. The Hall–Kier alpha value is -3.71. The number of hydrogen-bond acceptors (Lipinski definition) is 2. The fourth-order valence-corrected chi connectivity index (χ4v) is 9.08. The molecule has 5 aromatic carbocycles. The van der Waals surface area contributed by atoms with Crippen LogP contribution < -0.4 is 28.3 Å². The molecule has 5 aromatic rings. The van der Waals surface area contributed by atoms with Crippen LogP contribution in [0.1, 0.15) is 21.8 Å². The second kappa shape index (κ2) is 11.8. The second-order valence-electron chi connectivity index (χ2n) is 8.26. The molecule has 0 aliphatic heterocycles. The van der Waals surface area contributed by atoms with Crippen molar-refractivity contribution in [1.82, 2.24) is 0 Å². The minimum Gasteiger partial charge on any atom is -1.00 e. The summed E-state index contributed by atoms with van der Waals surface area (Å²) in [5.41, 5.74) is 1.52. The number of rotatable bonds is 7. The van der Waals surface area contributed by atoms with Gasteiger partial charge in [0.2, 0.25) is 5.85 Å². The van der Waals surface area contributed by atoms with Crippen molar-refractivity contribution in [3.8, 4) is 0 Å². The normalized spacial score (nSPS) is 11.7. The van der Waals surface area contributed by atoms with E-state index in [-0.39, 0.29) is 18.4 Å². The van der Waals surface area contributed by atoms with Crippen LogP contribution in [0.25, 0.3) is 0 Å². The van der Waals surface area contributed by atoms with Gasteiger partial charge in [-0.25, -0.2) is 4.79 Å². The zero-order valence-corrected chi connectivity index (χ0v) is 21.3. The van der Waals surface area contributed by atoms with Crippen molar-refractivity contribution in [2.75, 3.05) is 0 Å². The SMILES string of the molecule is O=C(OC(c1ccccc1)[P+](c1ccccc1)(c1ccccc1)c1ccccc1)c1ccccc1.[Cl-]. The Bertz CT molecular complexity index is 1270. The highest BCUT2D eigenvalue weighted by Crippen LogP contribution is 2.67. The zero-order chi connectivity index (χ0) is 23.9. The summed E-state index contributed by atoms with van der Waals surface area (Å²) in [5, 5.41) is 3.48. The maximum Gasteiger partial charge on any atom is 0.341 e. The Morgan fingerprint density at radius 1 is 0.500 bits per heavy atom. The first-order valence-corrected chi connectivity index (χ1v) is 13.5. The topological polar surface area (TPSA) is 26.3 Å². The predicted octanol–water partition coefficient (Wildman–Crippen LogP) is 3.54. The molecule has 1 atom stereocenters. The van der Waals surface area contributed by atoms with Gasteiger partial charge in [0.1, 0.15) is 15.9 Å². The Labute approximate surface area is 219 Å². The molecular formula is C32H26ClO2P. The van der Waals surface area contributed by atoms with Gasteiger partial charge in [0.25, 0.3) is 0 Å². The lowest BCUT2D eigenvalue weighted by Crippen LogP contribution is -3.00. The van der Waals surface area contributed by atoms with Gasteiger partial charge in [0.15, 0.2) is 7.26 Å². The van der Waals surface area contributed by atoms with Gasteiger partial charge in [-0.2, -0.15) is 0 Å². The summed E-state index contributed by atoms with van der Waals surface area (Å²) >= 11 is 0. The second-order valence-corrected chi connectivity index (χ2v) is 11.7. The van der Waals surface area contributed by atoms with E-state index in [4.69, 9.17) is 4.74 Å². The summed E-state index contributed by atoms with van der Waals surface area (Å²) in [6.45, 7) is 0. The molecule has 0 aliphatic rings. The number of ether oxygens (including phenoxy) is 1. The van der Waals surface area contributed by atoms with E-state index in [1.807, 2.05) is 54.6 Å². The van der Waals surface area contributed by atoms with Crippen molar-refractivity contribution in [2.45, 2.75) is 5.85 Å². The molecule has 0 aromatic heterocycles. The minimum absolute atomic E-state index is 0. The fraction of sp³-hybridized carbons (Fsp3) is 0.0312. The van der Waals surface area contributed by atoms with Gasteiger partial charge in [-0.1, -0.05) is 103 Å². The van der Waals surface area contributed by atoms with Gasteiger partial charge >= 0.3 is 5.97 Å². The van der Waals surface area contributed by atoms with Crippen molar-refractivity contribution in [2.24, 2.45) is 0 Å². The molecule has 0 amide bonds. The van der Waals surface area contributed by atoms with Crippen LogP contribution in [0.2, 0.25) is 0 Å². The van der Waals surface area contributed by atoms with E-state index in [0.717, 1.165) is 21.5 Å². The van der Waals surface area contributed by atoms with Crippen LogP contribution in [0, 0.1) is 0 Å². The lowest BCUT2D eigenvalue weighted by atomic mass is 10.2. The van der Waals surface area contributed by atoms with Crippen LogP contribution >= 0.6 is 7.26 Å². The van der Waals surface area contributed by atoms with Gasteiger partial charge in [0, 0.05) is 5.56 Å². The van der Waals surface area contributed by atoms with Crippen LogP contribution in [0.5, 0.6) is 0 Å². The largest absolute Gasteiger partial charge is 1.00 e. The first kappa shape index (κ1) is 25.4. The highest BCUT2D eigenvalue weighted by molar-refractivity contribution is 7.95. The van der Waals surface area contributed by atoms with Crippen molar-refractivity contribution in [1.29, 1.82) is 0 Å². The molecule has 0 fully saturated rings. The average Bonchev–Trinajstić information content (AvgIpc) is 2.95. The first-order valence-electron chi connectivity index (χ1n) is 11.7. The molecule has 0 saturated carbocycles. The van der Waals surface area contributed by atoms with Crippen molar-refractivity contribution >= 4 is 29.1 Å². The number of esters is 1. The molecule has 0 radical (unpaired) electrons. The summed E-state index contributed by atoms with van der Waals surface area (Å²) in [7, 11) is -2.50. The van der Waals surface area contributed by atoms with Gasteiger partial charge in [0.05, 0.1) is 5.56 Å². The third-order valence-electron chi connectivity index (χ3n) is 6.16. The van der Waals surface area contributed by atoms with Crippen molar-refractivity contribution < 1.29 is 21.9 Å². The van der Waals surface area contributed by atoms with Crippen LogP contribution in [0.3, 0.4) is 0 Å². The predicted molar refractivity (Wildman–Crippen MR) is 146 cm³/mol. The Morgan fingerprint density at radius 2 is 0.833 bits per heavy atom. The standard InChI is InChI=1S/C32H26O2P.ClH/c33-31(26-16-6-1-7-17-26)34-32(27-18-8-2-9-19-27)35(28-20-10-3-11-21-28,29-22-12-4-13-23-29)30-24-14-5-15-25-30;/h1-25,32H;1H/q+1;/p-1. The Morgan fingerprint density at radius 3 is 1.22 bits per heavy atom. The molecule has 36 heavy (non-hydrogen) atoms. The van der Waals surface area contributed by atoms with E-state index in [2.05, 4.69) is 84.9 Å². The summed E-state index contributed by atoms with van der Waals surface area (Å²) in [5.74, 6) is -0.838. The van der Waals surface area contributed by atoms with Gasteiger partial charge in [-0.05, 0) is 48.5 Å². The molecule has 4 heteroatoms. The van der Waals surface area contributed by atoms with E-state index in [1.165, 1.54) is 0 Å². The summed E-state index contributed by atoms with van der Waals surface area (Å²) in [6, 6.07) is 50.9. The third kappa shape index (κ3) is 4.97. The molecule has 0 heterocycles. The smallest absolute Gasteiger partial charge is 0.341 e. The van der Waals surface area contributed by atoms with Crippen LogP contribution in [0.15, 0.2) is 152 Å². The van der Waals surface area contributed by atoms with Gasteiger partial charge in [-0.15, -0.1) is 0 Å².